The van der Waals surface area contributed by atoms with E-state index in [4.69, 9.17) is 4.74 Å². The topological polar surface area (TPSA) is 41.6 Å². The van der Waals surface area contributed by atoms with Gasteiger partial charge in [-0.15, -0.1) is 0 Å². The number of carbonyl (C=O) groups excluding carboxylic acids is 1. The maximum atomic E-state index is 12.3. The quantitative estimate of drug-likeness (QED) is 0.897. The summed E-state index contributed by atoms with van der Waals surface area (Å²) in [5.74, 6) is 0.846. The van der Waals surface area contributed by atoms with Crippen molar-refractivity contribution in [1.82, 2.24) is 10.2 Å². The lowest BCUT2D eigenvalue weighted by Gasteiger charge is -2.44. The zero-order valence-corrected chi connectivity index (χ0v) is 12.6. The van der Waals surface area contributed by atoms with Crippen LogP contribution < -0.4 is 10.1 Å². The van der Waals surface area contributed by atoms with Gasteiger partial charge in [0, 0.05) is 13.1 Å². The third-order valence-electron chi connectivity index (χ3n) is 4.25. The molecular formula is C16H24N2O2. The summed E-state index contributed by atoms with van der Waals surface area (Å²) < 4.78 is 5.19. The monoisotopic (exact) mass is 276 g/mol. The maximum Gasteiger partial charge on any atom is 0.318 e. The predicted molar refractivity (Wildman–Crippen MR) is 80.0 cm³/mol. The van der Waals surface area contributed by atoms with Gasteiger partial charge in [0.25, 0.3) is 0 Å². The number of hydrogen-bond acceptors (Lipinski definition) is 2. The molecule has 1 fully saturated rings. The average Bonchev–Trinajstić information content (AvgIpc) is 2.44. The van der Waals surface area contributed by atoms with Crippen molar-refractivity contribution in [3.63, 3.8) is 0 Å². The molecule has 1 aliphatic carbocycles. The summed E-state index contributed by atoms with van der Waals surface area (Å²) in [6.45, 7) is 5.48. The van der Waals surface area contributed by atoms with Gasteiger partial charge in [0.2, 0.25) is 0 Å². The van der Waals surface area contributed by atoms with Gasteiger partial charge >= 0.3 is 6.03 Å². The fraction of sp³-hybridized carbons (Fsp3) is 0.562. The molecule has 2 amide bonds. The van der Waals surface area contributed by atoms with Crippen LogP contribution in [0.25, 0.3) is 0 Å². The van der Waals surface area contributed by atoms with Crippen molar-refractivity contribution in [1.29, 1.82) is 0 Å². The van der Waals surface area contributed by atoms with E-state index >= 15 is 0 Å². The van der Waals surface area contributed by atoms with Crippen LogP contribution in [0.1, 0.15) is 38.7 Å². The molecule has 1 aromatic carbocycles. The highest BCUT2D eigenvalue weighted by Gasteiger charge is 2.40. The van der Waals surface area contributed by atoms with E-state index in [2.05, 4.69) is 17.4 Å². The summed E-state index contributed by atoms with van der Waals surface area (Å²) >= 11 is 0. The second kappa shape index (κ2) is 6.16. The third kappa shape index (κ3) is 2.74. The smallest absolute Gasteiger partial charge is 0.318 e. The normalized spacial score (nSPS) is 16.1. The Morgan fingerprint density at radius 3 is 2.25 bits per heavy atom. The van der Waals surface area contributed by atoms with Crippen LogP contribution in [0.5, 0.6) is 5.75 Å². The van der Waals surface area contributed by atoms with E-state index in [1.807, 2.05) is 30.9 Å². The molecule has 2 rings (SSSR count). The summed E-state index contributed by atoms with van der Waals surface area (Å²) in [6, 6.07) is 8.06. The van der Waals surface area contributed by atoms with Crippen LogP contribution in [0.2, 0.25) is 0 Å². The first-order valence-electron chi connectivity index (χ1n) is 7.37. The van der Waals surface area contributed by atoms with Gasteiger partial charge in [-0.3, -0.25) is 0 Å². The molecule has 1 saturated carbocycles. The number of nitrogens with zero attached hydrogens (tertiary/aromatic N) is 1. The average molecular weight is 276 g/mol. The molecule has 0 heterocycles. The molecule has 0 aromatic heterocycles. The Labute approximate surface area is 121 Å². The van der Waals surface area contributed by atoms with Gasteiger partial charge in [-0.05, 0) is 50.8 Å². The number of hydrogen-bond donors (Lipinski definition) is 1. The number of rotatable bonds is 5. The number of ether oxygens (including phenoxy) is 1. The Hall–Kier alpha value is -1.71. The number of carbonyl (C=O) groups is 1. The highest BCUT2D eigenvalue weighted by atomic mass is 16.5. The second-order valence-corrected chi connectivity index (χ2v) is 5.27. The highest BCUT2D eigenvalue weighted by Crippen LogP contribution is 2.41. The molecule has 4 heteroatoms. The van der Waals surface area contributed by atoms with Crippen LogP contribution >= 0.6 is 0 Å². The summed E-state index contributed by atoms with van der Waals surface area (Å²) in [6.07, 6.45) is 3.17. The van der Waals surface area contributed by atoms with Crippen molar-refractivity contribution in [2.75, 3.05) is 20.2 Å². The molecule has 0 spiro atoms. The van der Waals surface area contributed by atoms with Crippen molar-refractivity contribution in [2.24, 2.45) is 0 Å². The standard InChI is InChI=1S/C16H24N2O2/c1-4-18(5-2)15(19)17-16(11-6-12-16)13-7-9-14(20-3)10-8-13/h7-10H,4-6,11-12H2,1-3H3,(H,17,19). The first kappa shape index (κ1) is 14.7. The molecule has 0 unspecified atom stereocenters. The molecular weight excluding hydrogens is 252 g/mol. The van der Waals surface area contributed by atoms with Crippen molar-refractivity contribution in [3.8, 4) is 5.75 Å². The molecule has 0 atom stereocenters. The van der Waals surface area contributed by atoms with Crippen LogP contribution in [-0.4, -0.2) is 31.1 Å². The largest absolute Gasteiger partial charge is 0.497 e. The zero-order chi connectivity index (χ0) is 14.6. The van der Waals surface area contributed by atoms with E-state index in [1.165, 1.54) is 5.56 Å². The molecule has 4 nitrogen and oxygen atoms in total. The van der Waals surface area contributed by atoms with Crippen LogP contribution in [-0.2, 0) is 5.54 Å². The fourth-order valence-corrected chi connectivity index (χ4v) is 2.72. The fourth-order valence-electron chi connectivity index (χ4n) is 2.72. The van der Waals surface area contributed by atoms with E-state index in [-0.39, 0.29) is 11.6 Å². The first-order valence-corrected chi connectivity index (χ1v) is 7.37. The number of benzene rings is 1. The van der Waals surface area contributed by atoms with Crippen LogP contribution in [0.4, 0.5) is 4.79 Å². The van der Waals surface area contributed by atoms with Crippen LogP contribution in [0, 0.1) is 0 Å². The second-order valence-electron chi connectivity index (χ2n) is 5.27. The Balaban J connectivity index is 2.14. The Bertz CT molecular complexity index is 448. The molecule has 0 aliphatic heterocycles. The van der Waals surface area contributed by atoms with Crippen LogP contribution in [0.15, 0.2) is 24.3 Å². The summed E-state index contributed by atoms with van der Waals surface area (Å²) in [5, 5.41) is 3.23. The summed E-state index contributed by atoms with van der Waals surface area (Å²) in [5.41, 5.74) is 0.983. The Kier molecular flexibility index (Phi) is 4.53. The Morgan fingerprint density at radius 1 is 1.25 bits per heavy atom. The van der Waals surface area contributed by atoms with Gasteiger partial charge in [-0.1, -0.05) is 12.1 Å². The minimum Gasteiger partial charge on any atom is -0.497 e. The molecule has 1 aliphatic rings. The maximum absolute atomic E-state index is 12.3. The summed E-state index contributed by atoms with van der Waals surface area (Å²) in [4.78, 5) is 14.1. The van der Waals surface area contributed by atoms with E-state index in [1.54, 1.807) is 7.11 Å². The van der Waals surface area contributed by atoms with Gasteiger partial charge in [0.1, 0.15) is 5.75 Å². The van der Waals surface area contributed by atoms with Crippen molar-refractivity contribution < 1.29 is 9.53 Å². The van der Waals surface area contributed by atoms with E-state index in [0.717, 1.165) is 38.1 Å². The molecule has 20 heavy (non-hydrogen) atoms. The molecule has 1 N–H and O–H groups in total. The van der Waals surface area contributed by atoms with Gasteiger partial charge < -0.3 is 15.0 Å². The van der Waals surface area contributed by atoms with Gasteiger partial charge in [-0.25, -0.2) is 4.79 Å². The zero-order valence-electron chi connectivity index (χ0n) is 12.6. The van der Waals surface area contributed by atoms with Crippen LogP contribution in [0.3, 0.4) is 0 Å². The van der Waals surface area contributed by atoms with Crippen molar-refractivity contribution in [2.45, 2.75) is 38.6 Å². The number of methoxy groups -OCH3 is 1. The molecule has 1 aromatic rings. The highest BCUT2D eigenvalue weighted by molar-refractivity contribution is 5.75. The molecule has 0 bridgehead atoms. The number of amides is 2. The van der Waals surface area contributed by atoms with Gasteiger partial charge in [0.15, 0.2) is 0 Å². The SMILES string of the molecule is CCN(CC)C(=O)NC1(c2ccc(OC)cc2)CCC1. The van der Waals surface area contributed by atoms with Crippen molar-refractivity contribution >= 4 is 6.03 Å². The van der Waals surface area contributed by atoms with E-state index in [9.17, 15) is 4.79 Å². The van der Waals surface area contributed by atoms with Gasteiger partial charge in [-0.2, -0.15) is 0 Å². The Morgan fingerprint density at radius 2 is 1.85 bits per heavy atom. The molecule has 0 saturated heterocycles. The van der Waals surface area contributed by atoms with E-state index < -0.39 is 0 Å². The lowest BCUT2D eigenvalue weighted by Crippen LogP contribution is -2.54. The lowest BCUT2D eigenvalue weighted by molar-refractivity contribution is 0.152. The summed E-state index contributed by atoms with van der Waals surface area (Å²) in [7, 11) is 1.66. The number of nitrogens with one attached hydrogen (secondary N) is 1. The van der Waals surface area contributed by atoms with E-state index in [0.29, 0.717) is 0 Å². The first-order chi connectivity index (χ1) is 9.65. The van der Waals surface area contributed by atoms with Crippen molar-refractivity contribution in [3.05, 3.63) is 29.8 Å². The number of urea groups is 1. The lowest BCUT2D eigenvalue weighted by atomic mass is 9.72. The molecule has 0 radical (unpaired) electrons. The minimum atomic E-state index is -0.189. The van der Waals surface area contributed by atoms with Gasteiger partial charge in [0.05, 0.1) is 12.6 Å². The molecule has 110 valence electrons. The third-order valence-corrected chi connectivity index (χ3v) is 4.25. The minimum absolute atomic E-state index is 0.0329. The predicted octanol–water partition coefficient (Wildman–Crippen LogP) is 3.13.